The lowest BCUT2D eigenvalue weighted by Crippen LogP contribution is -2.08. The summed E-state index contributed by atoms with van der Waals surface area (Å²) < 4.78 is 16.5. The summed E-state index contributed by atoms with van der Waals surface area (Å²) in [6.07, 6.45) is 0. The topological polar surface area (TPSA) is 90.2 Å². The number of thioether (sulfide) groups is 1. The van der Waals surface area contributed by atoms with Gasteiger partial charge in [0.05, 0.1) is 25.1 Å². The number of aryl methyl sites for hydroxylation is 1. The predicted molar refractivity (Wildman–Crippen MR) is 124 cm³/mol. The highest BCUT2D eigenvalue weighted by Crippen LogP contribution is 2.28. The van der Waals surface area contributed by atoms with Crippen LogP contribution in [0.3, 0.4) is 0 Å². The number of ether oxygens (including phenoxy) is 2. The van der Waals surface area contributed by atoms with Gasteiger partial charge in [-0.15, -0.1) is 0 Å². The highest BCUT2D eigenvalue weighted by atomic mass is 32.2. The van der Waals surface area contributed by atoms with Crippen molar-refractivity contribution in [2.24, 2.45) is 0 Å². The van der Waals surface area contributed by atoms with Crippen LogP contribution in [0.4, 0.5) is 0 Å². The Morgan fingerprint density at radius 3 is 2.38 bits per heavy atom. The second-order valence-electron chi connectivity index (χ2n) is 6.93. The maximum Gasteiger partial charge on any atom is 0.252 e. The first-order valence-corrected chi connectivity index (χ1v) is 11.1. The van der Waals surface area contributed by atoms with Crippen LogP contribution in [0.15, 0.2) is 69.0 Å². The van der Waals surface area contributed by atoms with Gasteiger partial charge < -0.3 is 18.9 Å². The lowest BCUT2D eigenvalue weighted by Gasteiger charge is -2.05. The van der Waals surface area contributed by atoms with E-state index in [0.29, 0.717) is 29.1 Å². The van der Waals surface area contributed by atoms with E-state index in [0.717, 1.165) is 34.1 Å². The van der Waals surface area contributed by atoms with Crippen molar-refractivity contribution < 1.29 is 13.9 Å². The molecule has 7 nitrogen and oxygen atoms in total. The van der Waals surface area contributed by atoms with Gasteiger partial charge in [-0.1, -0.05) is 11.8 Å². The largest absolute Gasteiger partial charge is 0.497 e. The summed E-state index contributed by atoms with van der Waals surface area (Å²) in [5.41, 5.74) is 2.91. The molecule has 0 saturated carbocycles. The number of hydrogen-bond donors (Lipinski definition) is 1. The number of aromatic amines is 1. The minimum atomic E-state index is -0.208. The van der Waals surface area contributed by atoms with Gasteiger partial charge in [0.1, 0.15) is 17.3 Å². The quantitative estimate of drug-likeness (QED) is 0.296. The summed E-state index contributed by atoms with van der Waals surface area (Å²) >= 11 is 1.40. The smallest absolute Gasteiger partial charge is 0.252 e. The van der Waals surface area contributed by atoms with E-state index >= 15 is 0 Å². The molecular formula is C24H23N3O4S. The summed E-state index contributed by atoms with van der Waals surface area (Å²) in [6.45, 7) is 4.45. The Balaban J connectivity index is 1.50. The van der Waals surface area contributed by atoms with Crippen LogP contribution in [0, 0.1) is 6.92 Å². The molecule has 0 spiro atoms. The van der Waals surface area contributed by atoms with Gasteiger partial charge in [-0.2, -0.15) is 0 Å². The molecule has 32 heavy (non-hydrogen) atoms. The fourth-order valence-electron chi connectivity index (χ4n) is 3.10. The average molecular weight is 450 g/mol. The highest BCUT2D eigenvalue weighted by molar-refractivity contribution is 7.98. The van der Waals surface area contributed by atoms with Crippen LogP contribution in [-0.4, -0.2) is 28.7 Å². The molecule has 8 heteroatoms. The van der Waals surface area contributed by atoms with Crippen LogP contribution in [0.2, 0.25) is 0 Å². The summed E-state index contributed by atoms with van der Waals surface area (Å²) in [5, 5.41) is 0.522. The van der Waals surface area contributed by atoms with Gasteiger partial charge in [0.25, 0.3) is 5.56 Å². The minimum Gasteiger partial charge on any atom is -0.497 e. The Hall–Kier alpha value is -3.52. The van der Waals surface area contributed by atoms with E-state index in [-0.39, 0.29) is 5.56 Å². The Morgan fingerprint density at radius 2 is 1.69 bits per heavy atom. The molecule has 0 aliphatic carbocycles. The number of nitrogens with zero attached hydrogens (tertiary/aromatic N) is 2. The number of H-pyrrole nitrogens is 1. The van der Waals surface area contributed by atoms with Gasteiger partial charge in [-0.05, 0) is 62.4 Å². The van der Waals surface area contributed by atoms with Gasteiger partial charge in [0.2, 0.25) is 5.89 Å². The highest BCUT2D eigenvalue weighted by Gasteiger charge is 2.13. The van der Waals surface area contributed by atoms with Crippen LogP contribution in [0.5, 0.6) is 11.5 Å². The summed E-state index contributed by atoms with van der Waals surface area (Å²) in [6, 6.07) is 16.5. The lowest BCUT2D eigenvalue weighted by molar-refractivity contribution is 0.340. The molecule has 0 fully saturated rings. The summed E-state index contributed by atoms with van der Waals surface area (Å²) in [4.78, 5) is 24.2. The standard InChI is InChI=1S/C24H23N3O4S/c1-4-30-19-11-7-17(8-12-19)23-25-21(15(2)31-23)14-32-24-26-20(13-22(28)27-24)16-5-9-18(29-3)10-6-16/h5-13H,4,14H2,1-3H3,(H,26,27,28). The Bertz CT molecular complexity index is 1250. The Morgan fingerprint density at radius 1 is 1.00 bits per heavy atom. The molecule has 0 atom stereocenters. The van der Waals surface area contributed by atoms with E-state index < -0.39 is 0 Å². The van der Waals surface area contributed by atoms with Gasteiger partial charge in [-0.25, -0.2) is 9.97 Å². The maximum atomic E-state index is 12.2. The van der Waals surface area contributed by atoms with E-state index in [1.54, 1.807) is 7.11 Å². The van der Waals surface area contributed by atoms with E-state index in [1.807, 2.05) is 62.4 Å². The Labute approximate surface area is 189 Å². The van der Waals surface area contributed by atoms with Crippen molar-refractivity contribution >= 4 is 11.8 Å². The second-order valence-corrected chi connectivity index (χ2v) is 7.90. The fraction of sp³-hybridized carbons (Fsp3) is 0.208. The van der Waals surface area contributed by atoms with Crippen LogP contribution in [0.25, 0.3) is 22.7 Å². The zero-order chi connectivity index (χ0) is 22.5. The lowest BCUT2D eigenvalue weighted by atomic mass is 10.1. The molecule has 0 unspecified atom stereocenters. The van der Waals surface area contributed by atoms with Crippen LogP contribution >= 0.6 is 11.8 Å². The second kappa shape index (κ2) is 9.74. The normalized spacial score (nSPS) is 10.8. The van der Waals surface area contributed by atoms with Crippen LogP contribution in [0.1, 0.15) is 18.4 Å². The summed E-state index contributed by atoms with van der Waals surface area (Å²) in [5.74, 6) is 3.35. The summed E-state index contributed by atoms with van der Waals surface area (Å²) in [7, 11) is 1.61. The van der Waals surface area contributed by atoms with E-state index in [9.17, 15) is 4.79 Å². The van der Waals surface area contributed by atoms with Gasteiger partial charge in [0.15, 0.2) is 5.16 Å². The number of oxazole rings is 1. The fourth-order valence-corrected chi connectivity index (χ4v) is 3.97. The minimum absolute atomic E-state index is 0.208. The molecule has 1 N–H and O–H groups in total. The number of nitrogens with one attached hydrogen (secondary N) is 1. The molecule has 0 radical (unpaired) electrons. The Kier molecular flexibility index (Phi) is 6.61. The number of aromatic nitrogens is 3. The molecule has 0 bridgehead atoms. The SMILES string of the molecule is CCOc1ccc(-c2nc(CSc3nc(-c4ccc(OC)cc4)cc(=O)[nH]3)c(C)o2)cc1. The van der Waals surface area contributed by atoms with Gasteiger partial charge in [0, 0.05) is 22.9 Å². The van der Waals surface area contributed by atoms with Crippen molar-refractivity contribution in [2.75, 3.05) is 13.7 Å². The van der Waals surface area contributed by atoms with Crippen molar-refractivity contribution in [1.82, 2.24) is 15.0 Å². The van der Waals surface area contributed by atoms with Crippen molar-refractivity contribution in [3.63, 3.8) is 0 Å². The van der Waals surface area contributed by atoms with Crippen molar-refractivity contribution in [3.05, 3.63) is 76.4 Å². The van der Waals surface area contributed by atoms with Gasteiger partial charge >= 0.3 is 0 Å². The first-order valence-electron chi connectivity index (χ1n) is 10.1. The molecule has 0 saturated heterocycles. The van der Waals surface area contributed by atoms with E-state index in [2.05, 4.69) is 15.0 Å². The van der Waals surface area contributed by atoms with Crippen LogP contribution < -0.4 is 15.0 Å². The molecule has 4 rings (SSSR count). The molecule has 164 valence electrons. The number of hydrogen-bond acceptors (Lipinski definition) is 7. The molecule has 0 aliphatic heterocycles. The first kappa shape index (κ1) is 21.7. The number of methoxy groups -OCH3 is 1. The van der Waals surface area contributed by atoms with Crippen molar-refractivity contribution in [3.8, 4) is 34.2 Å². The first-order chi connectivity index (χ1) is 15.6. The molecule has 0 amide bonds. The van der Waals surface area contributed by atoms with Crippen molar-refractivity contribution in [1.29, 1.82) is 0 Å². The molecule has 2 aromatic carbocycles. The third kappa shape index (κ3) is 5.03. The molecular weight excluding hydrogens is 426 g/mol. The monoisotopic (exact) mass is 449 g/mol. The predicted octanol–water partition coefficient (Wildman–Crippen LogP) is 5.10. The number of rotatable bonds is 8. The molecule has 2 heterocycles. The number of benzene rings is 2. The molecule has 0 aliphatic rings. The zero-order valence-corrected chi connectivity index (χ0v) is 18.9. The molecule has 2 aromatic heterocycles. The van der Waals surface area contributed by atoms with Gasteiger partial charge in [-0.3, -0.25) is 4.79 Å². The zero-order valence-electron chi connectivity index (χ0n) is 18.0. The average Bonchev–Trinajstić information content (AvgIpc) is 3.18. The molecule has 4 aromatic rings. The third-order valence-corrected chi connectivity index (χ3v) is 5.64. The third-order valence-electron chi connectivity index (χ3n) is 4.76. The maximum absolute atomic E-state index is 12.2. The van der Waals surface area contributed by atoms with Crippen molar-refractivity contribution in [2.45, 2.75) is 24.8 Å². The van der Waals surface area contributed by atoms with E-state index in [4.69, 9.17) is 13.9 Å². The van der Waals surface area contributed by atoms with E-state index in [1.165, 1.54) is 17.8 Å². The van der Waals surface area contributed by atoms with Crippen LogP contribution in [-0.2, 0) is 5.75 Å².